The van der Waals surface area contributed by atoms with E-state index in [0.717, 1.165) is 0 Å². The number of hydrogen-bond acceptors (Lipinski definition) is 4. The van der Waals surface area contributed by atoms with Gasteiger partial charge in [0.25, 0.3) is 0 Å². The molecule has 2 N–H and O–H groups in total. The van der Waals surface area contributed by atoms with Crippen molar-refractivity contribution in [3.05, 3.63) is 12.2 Å². The molecule has 0 aliphatic carbocycles. The number of rotatable bonds is 6. The highest BCUT2D eigenvalue weighted by Crippen LogP contribution is 2.37. The molecule has 0 aromatic rings. The monoisotopic (exact) mass is 287 g/mol. The number of allylic oxidation sites excluding steroid dienone is 1. The minimum absolute atomic E-state index is 0.0706. The summed E-state index contributed by atoms with van der Waals surface area (Å²) in [6, 6.07) is -0.773. The minimum Gasteiger partial charge on any atom is -0.465 e. The van der Waals surface area contributed by atoms with Crippen molar-refractivity contribution in [3.63, 3.8) is 0 Å². The third-order valence-electron chi connectivity index (χ3n) is 3.53. The molecule has 2 atom stereocenters. The van der Waals surface area contributed by atoms with Crippen LogP contribution in [0, 0.1) is 0 Å². The van der Waals surface area contributed by atoms with Gasteiger partial charge in [0.2, 0.25) is 0 Å². The summed E-state index contributed by atoms with van der Waals surface area (Å²) in [6.07, 6.45) is 3.27. The van der Waals surface area contributed by atoms with Crippen molar-refractivity contribution in [3.8, 4) is 0 Å². The minimum atomic E-state index is -1.98. The molecule has 0 aliphatic heterocycles. The SMILES string of the molecule is C/C=C/C(O[Si](C)(C)C(C)(C)C)C(N)C(=O)OCC. The highest BCUT2D eigenvalue weighted by molar-refractivity contribution is 6.74. The fourth-order valence-electron chi connectivity index (χ4n) is 1.31. The van der Waals surface area contributed by atoms with Gasteiger partial charge in [0.15, 0.2) is 8.32 Å². The van der Waals surface area contributed by atoms with Crippen LogP contribution in [0.5, 0.6) is 0 Å². The second kappa shape index (κ2) is 7.22. The van der Waals surface area contributed by atoms with Crippen LogP contribution in [-0.2, 0) is 14.0 Å². The zero-order chi connectivity index (χ0) is 15.3. The molecule has 4 nitrogen and oxygen atoms in total. The Bertz CT molecular complexity index is 321. The molecule has 2 unspecified atom stereocenters. The summed E-state index contributed by atoms with van der Waals surface area (Å²) in [7, 11) is -1.98. The lowest BCUT2D eigenvalue weighted by Crippen LogP contribution is -2.51. The Hall–Kier alpha value is -0.653. The summed E-state index contributed by atoms with van der Waals surface area (Å²) in [6.45, 7) is 14.7. The summed E-state index contributed by atoms with van der Waals surface area (Å²) >= 11 is 0. The molecule has 0 amide bonds. The van der Waals surface area contributed by atoms with Gasteiger partial charge >= 0.3 is 5.97 Å². The fourth-order valence-corrected chi connectivity index (χ4v) is 2.57. The van der Waals surface area contributed by atoms with Crippen LogP contribution in [0.2, 0.25) is 18.1 Å². The van der Waals surface area contributed by atoms with Crippen LogP contribution >= 0.6 is 0 Å². The van der Waals surface area contributed by atoms with E-state index in [9.17, 15) is 4.79 Å². The fraction of sp³-hybridized carbons (Fsp3) is 0.786. The van der Waals surface area contributed by atoms with E-state index < -0.39 is 26.4 Å². The lowest BCUT2D eigenvalue weighted by atomic mass is 10.1. The van der Waals surface area contributed by atoms with E-state index in [1.165, 1.54) is 0 Å². The van der Waals surface area contributed by atoms with E-state index >= 15 is 0 Å². The first-order valence-electron chi connectivity index (χ1n) is 6.79. The van der Waals surface area contributed by atoms with Gasteiger partial charge in [0, 0.05) is 0 Å². The Morgan fingerprint density at radius 1 is 1.37 bits per heavy atom. The van der Waals surface area contributed by atoms with Crippen LogP contribution in [0.3, 0.4) is 0 Å². The molecule has 0 saturated carbocycles. The predicted molar refractivity (Wildman–Crippen MR) is 81.5 cm³/mol. The van der Waals surface area contributed by atoms with Gasteiger partial charge in [0.1, 0.15) is 6.04 Å². The van der Waals surface area contributed by atoms with Crippen LogP contribution in [0.4, 0.5) is 0 Å². The molecule has 0 aliphatic rings. The van der Waals surface area contributed by atoms with Gasteiger partial charge in [-0.1, -0.05) is 32.9 Å². The Morgan fingerprint density at radius 2 is 1.89 bits per heavy atom. The standard InChI is InChI=1S/C14H29NO3Si/c1-8-10-11(12(15)13(16)17-9-2)18-19(6,7)14(3,4)5/h8,10-12H,9,15H2,1-7H3/b10-8+. The Morgan fingerprint density at radius 3 is 2.26 bits per heavy atom. The van der Waals surface area contributed by atoms with Crippen molar-refractivity contribution in [1.29, 1.82) is 0 Å². The first-order chi connectivity index (χ1) is 8.56. The number of hydrogen-bond donors (Lipinski definition) is 1. The molecule has 0 heterocycles. The van der Waals surface area contributed by atoms with Gasteiger partial charge < -0.3 is 14.9 Å². The summed E-state index contributed by atoms with van der Waals surface area (Å²) < 4.78 is 11.2. The third kappa shape index (κ3) is 5.46. The van der Waals surface area contributed by atoms with Gasteiger partial charge in [0.05, 0.1) is 12.7 Å². The lowest BCUT2D eigenvalue weighted by Gasteiger charge is -2.39. The normalized spacial score (nSPS) is 16.4. The number of carbonyl (C=O) groups excluding carboxylic acids is 1. The van der Waals surface area contributed by atoms with Crippen LogP contribution in [0.15, 0.2) is 12.2 Å². The van der Waals surface area contributed by atoms with E-state index in [2.05, 4.69) is 33.9 Å². The molecule has 112 valence electrons. The van der Waals surface area contributed by atoms with E-state index in [-0.39, 0.29) is 5.04 Å². The van der Waals surface area contributed by atoms with Crippen LogP contribution in [-0.4, -0.2) is 33.0 Å². The van der Waals surface area contributed by atoms with Crippen LogP contribution < -0.4 is 5.73 Å². The Balaban J connectivity index is 4.99. The van der Waals surface area contributed by atoms with Crippen LogP contribution in [0.25, 0.3) is 0 Å². The average molecular weight is 287 g/mol. The molecule has 5 heteroatoms. The molecule has 0 saturated heterocycles. The van der Waals surface area contributed by atoms with Crippen molar-refractivity contribution in [1.82, 2.24) is 0 Å². The number of nitrogens with two attached hydrogens (primary N) is 1. The molecule has 0 bridgehead atoms. The third-order valence-corrected chi connectivity index (χ3v) is 8.01. The summed E-state index contributed by atoms with van der Waals surface area (Å²) in [4.78, 5) is 11.7. The molecule has 0 aromatic carbocycles. The zero-order valence-corrected chi connectivity index (χ0v) is 14.3. The van der Waals surface area contributed by atoms with Gasteiger partial charge in [-0.2, -0.15) is 0 Å². The second-order valence-corrected chi connectivity index (χ2v) is 10.9. The molecule has 0 spiro atoms. The van der Waals surface area contributed by atoms with Crippen molar-refractivity contribution in [2.24, 2.45) is 5.73 Å². The summed E-state index contributed by atoms with van der Waals surface area (Å²) in [5.41, 5.74) is 5.96. The van der Waals surface area contributed by atoms with Crippen molar-refractivity contribution in [2.45, 2.75) is 64.9 Å². The molecule has 0 aromatic heterocycles. The first kappa shape index (κ1) is 18.3. The summed E-state index contributed by atoms with van der Waals surface area (Å²) in [5.74, 6) is -0.413. The van der Waals surface area contributed by atoms with Crippen molar-refractivity contribution in [2.75, 3.05) is 6.61 Å². The molecule has 19 heavy (non-hydrogen) atoms. The molecule has 0 fully saturated rings. The Labute approximate surface area is 118 Å². The van der Waals surface area contributed by atoms with Crippen molar-refractivity contribution < 1.29 is 14.0 Å². The van der Waals surface area contributed by atoms with Crippen LogP contribution in [0.1, 0.15) is 34.6 Å². The molecular weight excluding hydrogens is 258 g/mol. The first-order valence-corrected chi connectivity index (χ1v) is 9.70. The lowest BCUT2D eigenvalue weighted by molar-refractivity contribution is -0.146. The second-order valence-electron chi connectivity index (χ2n) is 6.15. The Kier molecular flexibility index (Phi) is 6.97. The van der Waals surface area contributed by atoms with Crippen molar-refractivity contribution >= 4 is 14.3 Å². The molecular formula is C14H29NO3Si. The maximum Gasteiger partial charge on any atom is 0.325 e. The number of ether oxygens (including phenoxy) is 1. The zero-order valence-electron chi connectivity index (χ0n) is 13.3. The van der Waals surface area contributed by atoms with E-state index in [0.29, 0.717) is 6.61 Å². The predicted octanol–water partition coefficient (Wildman–Crippen LogP) is 2.84. The quantitative estimate of drug-likeness (QED) is 0.463. The maximum absolute atomic E-state index is 11.7. The van der Waals surface area contributed by atoms with Gasteiger partial charge in [-0.3, -0.25) is 4.79 Å². The highest BCUT2D eigenvalue weighted by atomic mass is 28.4. The maximum atomic E-state index is 11.7. The van der Waals surface area contributed by atoms with E-state index in [1.807, 2.05) is 19.1 Å². The smallest absolute Gasteiger partial charge is 0.325 e. The summed E-state index contributed by atoms with van der Waals surface area (Å²) in [5, 5.41) is 0.0706. The largest absolute Gasteiger partial charge is 0.465 e. The average Bonchev–Trinajstić information content (AvgIpc) is 2.26. The van der Waals surface area contributed by atoms with Gasteiger partial charge in [-0.25, -0.2) is 0 Å². The number of carbonyl (C=O) groups is 1. The highest BCUT2D eigenvalue weighted by Gasteiger charge is 2.40. The van der Waals surface area contributed by atoms with E-state index in [1.54, 1.807) is 6.92 Å². The van der Waals surface area contributed by atoms with Gasteiger partial charge in [-0.05, 0) is 32.0 Å². The van der Waals surface area contributed by atoms with Gasteiger partial charge in [-0.15, -0.1) is 0 Å². The molecule has 0 rings (SSSR count). The topological polar surface area (TPSA) is 61.5 Å². The molecule has 0 radical (unpaired) electrons. The number of esters is 1. The van der Waals surface area contributed by atoms with E-state index in [4.69, 9.17) is 14.9 Å².